The first-order valence-corrected chi connectivity index (χ1v) is 8.98. The highest BCUT2D eigenvalue weighted by Crippen LogP contribution is 2.17. The second-order valence-electron chi connectivity index (χ2n) is 6.89. The molecule has 1 aromatic carbocycles. The number of nitrogens with zero attached hydrogens (tertiary/aromatic N) is 2. The molecule has 0 fully saturated rings. The van der Waals surface area contributed by atoms with Crippen LogP contribution in [0.2, 0.25) is 0 Å². The van der Waals surface area contributed by atoms with Gasteiger partial charge in [-0.15, -0.1) is 0 Å². The van der Waals surface area contributed by atoms with E-state index in [0.717, 1.165) is 17.0 Å². The Hall–Kier alpha value is -2.89. The molecule has 1 heterocycles. The van der Waals surface area contributed by atoms with Gasteiger partial charge in [-0.05, 0) is 50.5 Å². The van der Waals surface area contributed by atoms with E-state index in [4.69, 9.17) is 4.74 Å². The first-order valence-electron chi connectivity index (χ1n) is 8.98. The highest BCUT2D eigenvalue weighted by atomic mass is 16.5. The van der Waals surface area contributed by atoms with Crippen LogP contribution in [0.3, 0.4) is 0 Å². The fourth-order valence-electron chi connectivity index (χ4n) is 2.64. The van der Waals surface area contributed by atoms with Gasteiger partial charge in [0.2, 0.25) is 0 Å². The fourth-order valence-corrected chi connectivity index (χ4v) is 2.64. The van der Waals surface area contributed by atoms with Crippen LogP contribution in [0, 0.1) is 13.8 Å². The number of anilines is 1. The van der Waals surface area contributed by atoms with Crippen LogP contribution in [0.1, 0.15) is 49.2 Å². The quantitative estimate of drug-likeness (QED) is 0.622. The third-order valence-corrected chi connectivity index (χ3v) is 4.46. The summed E-state index contributed by atoms with van der Waals surface area (Å²) in [5, 5.41) is 7.05. The third-order valence-electron chi connectivity index (χ3n) is 4.46. The van der Waals surface area contributed by atoms with Crippen LogP contribution in [0.5, 0.6) is 0 Å². The Balaban J connectivity index is 1.93. The highest BCUT2D eigenvalue weighted by Gasteiger charge is 2.17. The Labute approximate surface area is 160 Å². The molecule has 0 saturated carbocycles. The number of carbonyl (C=O) groups is 2. The van der Waals surface area contributed by atoms with Gasteiger partial charge in [0, 0.05) is 30.1 Å². The minimum absolute atomic E-state index is 0.372. The lowest BCUT2D eigenvalue weighted by atomic mass is 10.0. The number of rotatable bonds is 6. The first kappa shape index (κ1) is 20.4. The second kappa shape index (κ2) is 8.66. The number of benzene rings is 1. The maximum atomic E-state index is 12.2. The minimum Gasteiger partial charge on any atom is -0.449 e. The molecule has 1 amide bonds. The Bertz CT molecular complexity index is 848. The van der Waals surface area contributed by atoms with Gasteiger partial charge >= 0.3 is 5.97 Å². The molecule has 2 aromatic rings. The van der Waals surface area contributed by atoms with Crippen molar-refractivity contribution in [1.82, 2.24) is 9.78 Å². The Morgan fingerprint density at radius 1 is 1.15 bits per heavy atom. The topological polar surface area (TPSA) is 73.2 Å². The number of aromatic nitrogens is 2. The summed E-state index contributed by atoms with van der Waals surface area (Å²) in [5.41, 5.74) is 4.52. The Morgan fingerprint density at radius 2 is 1.78 bits per heavy atom. The summed E-state index contributed by atoms with van der Waals surface area (Å²) in [6, 6.07) is 7.63. The van der Waals surface area contributed by atoms with Crippen LogP contribution in [0.4, 0.5) is 5.69 Å². The van der Waals surface area contributed by atoms with Crippen molar-refractivity contribution in [3.8, 4) is 0 Å². The molecule has 0 saturated heterocycles. The van der Waals surface area contributed by atoms with Gasteiger partial charge in [-0.3, -0.25) is 9.48 Å². The van der Waals surface area contributed by atoms with E-state index >= 15 is 0 Å². The van der Waals surface area contributed by atoms with E-state index in [0.29, 0.717) is 11.6 Å². The first-order chi connectivity index (χ1) is 12.7. The van der Waals surface area contributed by atoms with Crippen LogP contribution in [0.25, 0.3) is 6.08 Å². The van der Waals surface area contributed by atoms with Crippen molar-refractivity contribution in [2.24, 2.45) is 7.05 Å². The molecule has 6 heteroatoms. The van der Waals surface area contributed by atoms with E-state index in [1.807, 2.05) is 45.2 Å². The van der Waals surface area contributed by atoms with E-state index in [1.54, 1.807) is 17.7 Å². The van der Waals surface area contributed by atoms with Gasteiger partial charge in [-0.2, -0.15) is 5.10 Å². The summed E-state index contributed by atoms with van der Waals surface area (Å²) >= 11 is 0. The average molecular weight is 369 g/mol. The summed E-state index contributed by atoms with van der Waals surface area (Å²) in [5.74, 6) is -0.522. The summed E-state index contributed by atoms with van der Waals surface area (Å²) in [7, 11) is 1.85. The van der Waals surface area contributed by atoms with E-state index < -0.39 is 12.1 Å². The molecule has 0 spiro atoms. The van der Waals surface area contributed by atoms with Crippen molar-refractivity contribution < 1.29 is 14.3 Å². The van der Waals surface area contributed by atoms with Crippen molar-refractivity contribution in [2.45, 2.75) is 46.6 Å². The number of amides is 1. The molecule has 0 aliphatic rings. The van der Waals surface area contributed by atoms with Crippen LogP contribution in [-0.4, -0.2) is 27.8 Å². The number of esters is 1. The van der Waals surface area contributed by atoms with Gasteiger partial charge in [0.25, 0.3) is 5.91 Å². The van der Waals surface area contributed by atoms with E-state index in [-0.39, 0.29) is 5.91 Å². The van der Waals surface area contributed by atoms with Crippen LogP contribution in [-0.2, 0) is 21.4 Å². The molecule has 6 nitrogen and oxygen atoms in total. The average Bonchev–Trinajstić information content (AvgIpc) is 2.85. The van der Waals surface area contributed by atoms with Gasteiger partial charge in [0.05, 0.1) is 5.69 Å². The molecule has 0 radical (unpaired) electrons. The standard InChI is InChI=1S/C21H27N3O3/c1-13(2)17-7-9-18(10-8-17)22-21(26)16(5)27-20(25)12-11-19-14(3)23-24(6)15(19)4/h7-13,16H,1-6H3,(H,22,26)/b12-11+/t16-/m1/s1. The zero-order valence-electron chi connectivity index (χ0n) is 16.7. The maximum Gasteiger partial charge on any atom is 0.331 e. The van der Waals surface area contributed by atoms with E-state index in [9.17, 15) is 9.59 Å². The molecule has 1 atom stereocenters. The van der Waals surface area contributed by atoms with Crippen molar-refractivity contribution in [1.29, 1.82) is 0 Å². The summed E-state index contributed by atoms with van der Waals surface area (Å²) in [4.78, 5) is 24.2. The third kappa shape index (κ3) is 5.29. The molecule has 1 N–H and O–H groups in total. The van der Waals surface area contributed by atoms with Crippen LogP contribution in [0.15, 0.2) is 30.3 Å². The van der Waals surface area contributed by atoms with Crippen molar-refractivity contribution in [2.75, 3.05) is 5.32 Å². The van der Waals surface area contributed by atoms with Crippen LogP contribution >= 0.6 is 0 Å². The van der Waals surface area contributed by atoms with Gasteiger partial charge in [-0.1, -0.05) is 26.0 Å². The highest BCUT2D eigenvalue weighted by molar-refractivity contribution is 5.96. The van der Waals surface area contributed by atoms with Gasteiger partial charge < -0.3 is 10.1 Å². The monoisotopic (exact) mass is 369 g/mol. The number of carbonyl (C=O) groups excluding carboxylic acids is 2. The molecule has 27 heavy (non-hydrogen) atoms. The van der Waals surface area contributed by atoms with Crippen LogP contribution < -0.4 is 5.32 Å². The zero-order valence-corrected chi connectivity index (χ0v) is 16.7. The van der Waals surface area contributed by atoms with Crippen molar-refractivity contribution in [3.05, 3.63) is 52.9 Å². The zero-order chi connectivity index (χ0) is 20.1. The molecule has 0 bridgehead atoms. The number of ether oxygens (including phenoxy) is 1. The Kier molecular flexibility index (Phi) is 6.55. The number of aryl methyl sites for hydroxylation is 2. The normalized spacial score (nSPS) is 12.4. The maximum absolute atomic E-state index is 12.2. The molecule has 1 aromatic heterocycles. The minimum atomic E-state index is -0.900. The number of hydrogen-bond acceptors (Lipinski definition) is 4. The summed E-state index contributed by atoms with van der Waals surface area (Å²) in [6.07, 6.45) is 2.08. The summed E-state index contributed by atoms with van der Waals surface area (Å²) < 4.78 is 6.94. The molecule has 0 aliphatic carbocycles. The van der Waals surface area contributed by atoms with Gasteiger partial charge in [0.15, 0.2) is 6.10 Å². The fraction of sp³-hybridized carbons (Fsp3) is 0.381. The Morgan fingerprint density at radius 3 is 2.30 bits per heavy atom. The predicted molar refractivity (Wildman–Crippen MR) is 106 cm³/mol. The largest absolute Gasteiger partial charge is 0.449 e. The van der Waals surface area contributed by atoms with Crippen molar-refractivity contribution >= 4 is 23.6 Å². The lowest BCUT2D eigenvalue weighted by molar-refractivity contribution is -0.148. The predicted octanol–water partition coefficient (Wildman–Crippen LogP) is 3.74. The van der Waals surface area contributed by atoms with Gasteiger partial charge in [0.1, 0.15) is 0 Å². The second-order valence-corrected chi connectivity index (χ2v) is 6.89. The number of nitrogens with one attached hydrogen (secondary N) is 1. The molecular formula is C21H27N3O3. The van der Waals surface area contributed by atoms with E-state index in [1.165, 1.54) is 11.6 Å². The summed E-state index contributed by atoms with van der Waals surface area (Å²) in [6.45, 7) is 9.56. The molecule has 0 unspecified atom stereocenters. The van der Waals surface area contributed by atoms with Gasteiger partial charge in [-0.25, -0.2) is 4.79 Å². The molecule has 0 aliphatic heterocycles. The molecule has 144 valence electrons. The number of hydrogen-bond donors (Lipinski definition) is 1. The van der Waals surface area contributed by atoms with E-state index in [2.05, 4.69) is 24.3 Å². The van der Waals surface area contributed by atoms with Crippen molar-refractivity contribution in [3.63, 3.8) is 0 Å². The lowest BCUT2D eigenvalue weighted by Crippen LogP contribution is -2.29. The molecule has 2 rings (SSSR count). The SMILES string of the molecule is Cc1nn(C)c(C)c1/C=C/C(=O)O[C@H](C)C(=O)Nc1ccc(C(C)C)cc1. The molecular weight excluding hydrogens is 342 g/mol. The smallest absolute Gasteiger partial charge is 0.331 e. The lowest BCUT2D eigenvalue weighted by Gasteiger charge is -2.13.